The standard InChI is InChI=1S/C10H15ClN2S/c11-10-2-1-9(14-10)7-13-8-3-5-12-6-4-8/h1-2,8,12-13H,3-7H2. The first-order chi connectivity index (χ1) is 6.84. The molecule has 4 heteroatoms. The number of nitrogens with one attached hydrogen (secondary N) is 2. The summed E-state index contributed by atoms with van der Waals surface area (Å²) in [5.74, 6) is 0. The minimum absolute atomic E-state index is 0.678. The minimum atomic E-state index is 0.678. The summed E-state index contributed by atoms with van der Waals surface area (Å²) in [6.07, 6.45) is 2.47. The highest BCUT2D eigenvalue weighted by Crippen LogP contribution is 2.21. The van der Waals surface area contributed by atoms with Gasteiger partial charge in [-0.15, -0.1) is 11.3 Å². The fourth-order valence-corrected chi connectivity index (χ4v) is 2.76. The van der Waals surface area contributed by atoms with Crippen LogP contribution < -0.4 is 10.6 Å². The molecule has 2 N–H and O–H groups in total. The van der Waals surface area contributed by atoms with Gasteiger partial charge in [-0.1, -0.05) is 11.6 Å². The van der Waals surface area contributed by atoms with Crippen molar-refractivity contribution in [1.29, 1.82) is 0 Å². The molecule has 0 aliphatic carbocycles. The average molecular weight is 231 g/mol. The highest BCUT2D eigenvalue weighted by Gasteiger charge is 2.11. The van der Waals surface area contributed by atoms with E-state index in [2.05, 4.69) is 16.7 Å². The second-order valence-corrected chi connectivity index (χ2v) is 5.41. The van der Waals surface area contributed by atoms with E-state index in [1.165, 1.54) is 17.7 Å². The van der Waals surface area contributed by atoms with Gasteiger partial charge in [0.1, 0.15) is 0 Å². The van der Waals surface area contributed by atoms with Crippen molar-refractivity contribution in [2.75, 3.05) is 13.1 Å². The lowest BCUT2D eigenvalue weighted by Gasteiger charge is -2.23. The molecule has 0 unspecified atom stereocenters. The summed E-state index contributed by atoms with van der Waals surface area (Å²) in [6, 6.07) is 4.74. The minimum Gasteiger partial charge on any atom is -0.317 e. The second-order valence-electron chi connectivity index (χ2n) is 3.61. The van der Waals surface area contributed by atoms with Crippen LogP contribution in [0.1, 0.15) is 17.7 Å². The van der Waals surface area contributed by atoms with Gasteiger partial charge in [0.2, 0.25) is 0 Å². The van der Waals surface area contributed by atoms with Gasteiger partial charge in [-0.25, -0.2) is 0 Å². The quantitative estimate of drug-likeness (QED) is 0.833. The van der Waals surface area contributed by atoms with Crippen LogP contribution >= 0.6 is 22.9 Å². The predicted octanol–water partition coefficient (Wildman–Crippen LogP) is 2.24. The highest BCUT2D eigenvalue weighted by atomic mass is 35.5. The molecular weight excluding hydrogens is 216 g/mol. The topological polar surface area (TPSA) is 24.1 Å². The smallest absolute Gasteiger partial charge is 0.0931 e. The van der Waals surface area contributed by atoms with E-state index in [0.717, 1.165) is 24.0 Å². The van der Waals surface area contributed by atoms with Crippen LogP contribution in [0, 0.1) is 0 Å². The number of rotatable bonds is 3. The van der Waals surface area contributed by atoms with Crippen LogP contribution in [0.5, 0.6) is 0 Å². The zero-order chi connectivity index (χ0) is 9.80. The summed E-state index contributed by atoms with van der Waals surface area (Å²) < 4.78 is 0.882. The third kappa shape index (κ3) is 2.95. The van der Waals surface area contributed by atoms with Crippen molar-refractivity contribution < 1.29 is 0 Å². The number of hydrogen-bond donors (Lipinski definition) is 2. The Labute approximate surface area is 93.7 Å². The van der Waals surface area contributed by atoms with Crippen LogP contribution in [0.3, 0.4) is 0 Å². The predicted molar refractivity (Wildman–Crippen MR) is 62.1 cm³/mol. The molecule has 14 heavy (non-hydrogen) atoms. The molecule has 1 aliphatic heterocycles. The van der Waals surface area contributed by atoms with Gasteiger partial charge in [0.25, 0.3) is 0 Å². The summed E-state index contributed by atoms with van der Waals surface area (Å²) in [6.45, 7) is 3.24. The summed E-state index contributed by atoms with van der Waals surface area (Å²) >= 11 is 7.53. The van der Waals surface area contributed by atoms with Gasteiger partial charge in [0.15, 0.2) is 0 Å². The summed E-state index contributed by atoms with van der Waals surface area (Å²) in [5.41, 5.74) is 0. The molecular formula is C10H15ClN2S. The van der Waals surface area contributed by atoms with Gasteiger partial charge in [-0.05, 0) is 38.1 Å². The Balaban J connectivity index is 1.76. The van der Waals surface area contributed by atoms with E-state index in [9.17, 15) is 0 Å². The van der Waals surface area contributed by atoms with E-state index < -0.39 is 0 Å². The molecule has 0 saturated carbocycles. The fraction of sp³-hybridized carbons (Fsp3) is 0.600. The zero-order valence-electron chi connectivity index (χ0n) is 8.05. The average Bonchev–Trinajstić information content (AvgIpc) is 2.63. The molecule has 2 nitrogen and oxygen atoms in total. The van der Waals surface area contributed by atoms with E-state index in [0.29, 0.717) is 6.04 Å². The van der Waals surface area contributed by atoms with Gasteiger partial charge in [0, 0.05) is 17.5 Å². The van der Waals surface area contributed by atoms with Gasteiger partial charge in [-0.3, -0.25) is 0 Å². The second kappa shape index (κ2) is 5.12. The summed E-state index contributed by atoms with van der Waals surface area (Å²) in [7, 11) is 0. The molecule has 1 saturated heterocycles. The molecule has 2 heterocycles. The summed E-state index contributed by atoms with van der Waals surface area (Å²) in [5, 5.41) is 6.92. The van der Waals surface area contributed by atoms with Crippen molar-refractivity contribution >= 4 is 22.9 Å². The molecule has 1 fully saturated rings. The van der Waals surface area contributed by atoms with Crippen molar-refractivity contribution in [2.24, 2.45) is 0 Å². The van der Waals surface area contributed by atoms with Crippen LogP contribution in [-0.4, -0.2) is 19.1 Å². The van der Waals surface area contributed by atoms with Crippen LogP contribution in [-0.2, 0) is 6.54 Å². The van der Waals surface area contributed by atoms with Crippen molar-refractivity contribution in [3.8, 4) is 0 Å². The molecule has 1 aliphatic rings. The number of thiophene rings is 1. The van der Waals surface area contributed by atoms with E-state index in [4.69, 9.17) is 11.6 Å². The monoisotopic (exact) mass is 230 g/mol. The maximum atomic E-state index is 5.86. The zero-order valence-corrected chi connectivity index (χ0v) is 9.63. The molecule has 78 valence electrons. The molecule has 0 amide bonds. The highest BCUT2D eigenvalue weighted by molar-refractivity contribution is 7.16. The number of piperidine rings is 1. The molecule has 0 spiro atoms. The third-order valence-electron chi connectivity index (χ3n) is 2.53. The number of hydrogen-bond acceptors (Lipinski definition) is 3. The van der Waals surface area contributed by atoms with Crippen LogP contribution in [0.15, 0.2) is 12.1 Å². The fourth-order valence-electron chi connectivity index (χ4n) is 1.72. The van der Waals surface area contributed by atoms with Crippen LogP contribution in [0.25, 0.3) is 0 Å². The maximum absolute atomic E-state index is 5.86. The van der Waals surface area contributed by atoms with Crippen LogP contribution in [0.2, 0.25) is 4.34 Å². The Kier molecular flexibility index (Phi) is 3.81. The SMILES string of the molecule is Clc1ccc(CNC2CCNCC2)s1. The molecule has 0 bridgehead atoms. The largest absolute Gasteiger partial charge is 0.317 e. The van der Waals surface area contributed by atoms with Crippen molar-refractivity contribution in [1.82, 2.24) is 10.6 Å². The Morgan fingerprint density at radius 2 is 2.21 bits per heavy atom. The van der Waals surface area contributed by atoms with E-state index in [1.54, 1.807) is 11.3 Å². The lowest BCUT2D eigenvalue weighted by molar-refractivity contribution is 0.387. The Morgan fingerprint density at radius 1 is 1.43 bits per heavy atom. The first-order valence-corrected chi connectivity index (χ1v) is 6.22. The van der Waals surface area contributed by atoms with E-state index >= 15 is 0 Å². The number of halogens is 1. The van der Waals surface area contributed by atoms with Crippen molar-refractivity contribution in [3.05, 3.63) is 21.3 Å². The van der Waals surface area contributed by atoms with Crippen LogP contribution in [0.4, 0.5) is 0 Å². The first-order valence-electron chi connectivity index (χ1n) is 5.03. The molecule has 1 aromatic heterocycles. The first kappa shape index (κ1) is 10.4. The Morgan fingerprint density at radius 3 is 2.86 bits per heavy atom. The van der Waals surface area contributed by atoms with Gasteiger partial charge < -0.3 is 10.6 Å². The summed E-state index contributed by atoms with van der Waals surface area (Å²) in [4.78, 5) is 1.33. The Hall–Kier alpha value is -0.0900. The Bertz CT molecular complexity index is 281. The lowest BCUT2D eigenvalue weighted by atomic mass is 10.1. The van der Waals surface area contributed by atoms with Gasteiger partial charge >= 0.3 is 0 Å². The third-order valence-corrected chi connectivity index (χ3v) is 3.76. The van der Waals surface area contributed by atoms with E-state index in [-0.39, 0.29) is 0 Å². The van der Waals surface area contributed by atoms with Crippen molar-refractivity contribution in [3.63, 3.8) is 0 Å². The van der Waals surface area contributed by atoms with Gasteiger partial charge in [-0.2, -0.15) is 0 Å². The molecule has 0 radical (unpaired) electrons. The molecule has 2 rings (SSSR count). The van der Waals surface area contributed by atoms with Gasteiger partial charge in [0.05, 0.1) is 4.34 Å². The molecule has 0 aromatic carbocycles. The maximum Gasteiger partial charge on any atom is 0.0931 e. The van der Waals surface area contributed by atoms with E-state index in [1.807, 2.05) is 6.07 Å². The molecule has 0 atom stereocenters. The lowest BCUT2D eigenvalue weighted by Crippen LogP contribution is -2.39. The normalized spacial score (nSPS) is 18.6. The van der Waals surface area contributed by atoms with Crippen molar-refractivity contribution in [2.45, 2.75) is 25.4 Å². The molecule has 1 aromatic rings.